The van der Waals surface area contributed by atoms with E-state index in [0.717, 1.165) is 50.3 Å². The smallest absolute Gasteiger partial charge is 0.224 e. The molecule has 0 atom stereocenters. The molecule has 5 heterocycles. The van der Waals surface area contributed by atoms with Crippen LogP contribution in [0.2, 0.25) is 0 Å². The number of aromatic nitrogens is 6. The first-order chi connectivity index (χ1) is 17.6. The van der Waals surface area contributed by atoms with Gasteiger partial charge in [0, 0.05) is 28.6 Å². The zero-order chi connectivity index (χ0) is 24.6. The van der Waals surface area contributed by atoms with Crippen LogP contribution in [-0.2, 0) is 4.79 Å². The molecule has 0 saturated heterocycles. The Bertz CT molecular complexity index is 1740. The van der Waals surface area contributed by atoms with Crippen molar-refractivity contribution < 1.29 is 9.18 Å². The number of aromatic amines is 2. The van der Waals surface area contributed by atoms with Crippen LogP contribution in [0.1, 0.15) is 19.8 Å². The van der Waals surface area contributed by atoms with Crippen LogP contribution in [0.25, 0.3) is 55.3 Å². The van der Waals surface area contributed by atoms with E-state index in [4.69, 9.17) is 9.97 Å². The van der Waals surface area contributed by atoms with Crippen molar-refractivity contribution in [3.8, 4) is 33.2 Å². The number of imidazole rings is 1. The second-order valence-corrected chi connectivity index (χ2v) is 9.35. The standard InChI is InChI=1S/C26H20FN7OS/c1-2-4-22(35)29-15-11-14(12-28-13-15)17-7-8-19-24(30-17)25(34-33-19)26-31-18-6-3-5-16(23(18)32-26)20-9-10-21(27)36-20/h3,5-13H,2,4H2,1H3,(H,29,35)(H,31,32)(H,33,34). The predicted octanol–water partition coefficient (Wildman–Crippen LogP) is 6.17. The summed E-state index contributed by atoms with van der Waals surface area (Å²) in [4.78, 5) is 30.0. The molecule has 0 unspecified atom stereocenters. The zero-order valence-electron chi connectivity index (χ0n) is 19.2. The summed E-state index contributed by atoms with van der Waals surface area (Å²) in [5.74, 6) is 0.510. The molecular weight excluding hydrogens is 477 g/mol. The number of pyridine rings is 2. The van der Waals surface area contributed by atoms with Crippen molar-refractivity contribution in [2.75, 3.05) is 5.32 Å². The van der Waals surface area contributed by atoms with E-state index in [1.165, 1.54) is 6.07 Å². The molecule has 178 valence electrons. The summed E-state index contributed by atoms with van der Waals surface area (Å²) in [6, 6.07) is 14.6. The van der Waals surface area contributed by atoms with Gasteiger partial charge in [-0.1, -0.05) is 19.1 Å². The molecule has 1 amide bonds. The first-order valence-electron chi connectivity index (χ1n) is 11.4. The number of carbonyl (C=O) groups is 1. The number of amides is 1. The molecule has 3 N–H and O–H groups in total. The number of para-hydroxylation sites is 1. The molecule has 1 aromatic carbocycles. The molecule has 0 aliphatic rings. The second kappa shape index (κ2) is 8.97. The topological polar surface area (TPSA) is 112 Å². The fourth-order valence-corrected chi connectivity index (χ4v) is 4.88. The minimum atomic E-state index is -0.240. The third-order valence-electron chi connectivity index (χ3n) is 5.78. The number of H-pyrrole nitrogens is 2. The van der Waals surface area contributed by atoms with Crippen molar-refractivity contribution in [1.29, 1.82) is 0 Å². The Kier molecular flexibility index (Phi) is 5.49. The molecule has 0 spiro atoms. The van der Waals surface area contributed by atoms with Crippen LogP contribution < -0.4 is 5.32 Å². The highest BCUT2D eigenvalue weighted by atomic mass is 32.1. The Balaban J connectivity index is 1.40. The Morgan fingerprint density at radius 2 is 1.97 bits per heavy atom. The highest BCUT2D eigenvalue weighted by Gasteiger charge is 2.17. The molecule has 6 rings (SSSR count). The summed E-state index contributed by atoms with van der Waals surface area (Å²) in [7, 11) is 0. The number of benzene rings is 1. The van der Waals surface area contributed by atoms with E-state index >= 15 is 0 Å². The summed E-state index contributed by atoms with van der Waals surface area (Å²) >= 11 is 1.08. The molecule has 0 saturated carbocycles. The zero-order valence-corrected chi connectivity index (χ0v) is 20.0. The number of anilines is 1. The SMILES string of the molecule is CCCC(=O)Nc1cncc(-c2ccc3[nH]nc(-c4nc5c(-c6ccc(F)s6)cccc5[nH]4)c3n2)c1. The average Bonchev–Trinajstić information content (AvgIpc) is 3.61. The van der Waals surface area contributed by atoms with Crippen LogP contribution in [0.15, 0.2) is 60.9 Å². The van der Waals surface area contributed by atoms with Crippen molar-refractivity contribution in [2.45, 2.75) is 19.8 Å². The van der Waals surface area contributed by atoms with E-state index < -0.39 is 0 Å². The third-order valence-corrected chi connectivity index (χ3v) is 6.69. The van der Waals surface area contributed by atoms with Crippen molar-refractivity contribution in [1.82, 2.24) is 30.1 Å². The normalized spacial score (nSPS) is 11.4. The second-order valence-electron chi connectivity index (χ2n) is 8.32. The van der Waals surface area contributed by atoms with Gasteiger partial charge >= 0.3 is 0 Å². The Morgan fingerprint density at radius 1 is 1.06 bits per heavy atom. The van der Waals surface area contributed by atoms with Gasteiger partial charge in [-0.05, 0) is 42.8 Å². The van der Waals surface area contributed by atoms with Gasteiger partial charge < -0.3 is 10.3 Å². The van der Waals surface area contributed by atoms with Crippen molar-refractivity contribution in [3.05, 3.63) is 66.1 Å². The molecule has 0 radical (unpaired) electrons. The summed E-state index contributed by atoms with van der Waals surface area (Å²) in [6.45, 7) is 1.96. The number of nitrogens with zero attached hydrogens (tertiary/aromatic N) is 4. The van der Waals surface area contributed by atoms with Crippen LogP contribution in [0.4, 0.5) is 10.1 Å². The molecular formula is C26H20FN7OS. The van der Waals surface area contributed by atoms with E-state index in [1.54, 1.807) is 18.5 Å². The number of nitrogens with one attached hydrogen (secondary N) is 3. The third kappa shape index (κ3) is 4.01. The maximum Gasteiger partial charge on any atom is 0.224 e. The lowest BCUT2D eigenvalue weighted by Gasteiger charge is -2.06. The van der Waals surface area contributed by atoms with E-state index in [1.807, 2.05) is 43.3 Å². The van der Waals surface area contributed by atoms with Crippen molar-refractivity contribution >= 4 is 45.0 Å². The van der Waals surface area contributed by atoms with Crippen LogP contribution in [0, 0.1) is 5.13 Å². The quantitative estimate of drug-likeness (QED) is 0.255. The van der Waals surface area contributed by atoms with Gasteiger partial charge in [-0.15, -0.1) is 11.3 Å². The van der Waals surface area contributed by atoms with E-state index in [0.29, 0.717) is 34.8 Å². The monoisotopic (exact) mass is 497 g/mol. The summed E-state index contributed by atoms with van der Waals surface area (Å²) < 4.78 is 13.7. The Labute approximate surface area is 208 Å². The molecule has 0 bridgehead atoms. The largest absolute Gasteiger partial charge is 0.336 e. The van der Waals surface area contributed by atoms with E-state index in [-0.39, 0.29) is 11.0 Å². The summed E-state index contributed by atoms with van der Waals surface area (Å²) in [6.07, 6.45) is 4.54. The van der Waals surface area contributed by atoms with Crippen LogP contribution in [-0.4, -0.2) is 36.0 Å². The number of halogens is 1. The highest BCUT2D eigenvalue weighted by Crippen LogP contribution is 2.34. The number of rotatable bonds is 6. The minimum Gasteiger partial charge on any atom is -0.336 e. The molecule has 36 heavy (non-hydrogen) atoms. The van der Waals surface area contributed by atoms with Gasteiger partial charge in [0.25, 0.3) is 0 Å². The first-order valence-corrected chi connectivity index (χ1v) is 12.3. The van der Waals surface area contributed by atoms with Gasteiger partial charge in [-0.25, -0.2) is 9.97 Å². The minimum absolute atomic E-state index is 0.0495. The van der Waals surface area contributed by atoms with Crippen molar-refractivity contribution in [3.63, 3.8) is 0 Å². The predicted molar refractivity (Wildman–Crippen MR) is 139 cm³/mol. The fourth-order valence-electron chi connectivity index (χ4n) is 4.13. The Morgan fingerprint density at radius 3 is 2.81 bits per heavy atom. The van der Waals surface area contributed by atoms with Gasteiger partial charge in [0.2, 0.25) is 5.91 Å². The van der Waals surface area contributed by atoms with E-state index in [9.17, 15) is 9.18 Å². The number of thiophene rings is 1. The molecule has 5 aromatic heterocycles. The van der Waals surface area contributed by atoms with Crippen LogP contribution >= 0.6 is 11.3 Å². The summed E-state index contributed by atoms with van der Waals surface area (Å²) in [5, 5.41) is 10.1. The van der Waals surface area contributed by atoms with E-state index in [2.05, 4.69) is 25.5 Å². The average molecular weight is 498 g/mol. The summed E-state index contributed by atoms with van der Waals surface area (Å²) in [5.41, 5.74) is 6.47. The lowest BCUT2D eigenvalue weighted by atomic mass is 10.1. The molecule has 8 nitrogen and oxygen atoms in total. The highest BCUT2D eigenvalue weighted by molar-refractivity contribution is 7.14. The number of hydrogen-bond acceptors (Lipinski definition) is 6. The molecule has 0 aliphatic carbocycles. The van der Waals surface area contributed by atoms with Crippen molar-refractivity contribution in [2.24, 2.45) is 0 Å². The lowest BCUT2D eigenvalue weighted by molar-refractivity contribution is -0.116. The number of fused-ring (bicyclic) bond motifs is 2. The van der Waals surface area contributed by atoms with Gasteiger partial charge in [0.15, 0.2) is 16.6 Å². The molecule has 6 aromatic rings. The van der Waals surface area contributed by atoms with Gasteiger partial charge in [-0.2, -0.15) is 9.49 Å². The lowest BCUT2D eigenvalue weighted by Crippen LogP contribution is -2.10. The van der Waals surface area contributed by atoms with Gasteiger partial charge in [0.1, 0.15) is 5.52 Å². The Hall–Kier alpha value is -4.44. The van der Waals surface area contributed by atoms with Crippen LogP contribution in [0.5, 0.6) is 0 Å². The van der Waals surface area contributed by atoms with Gasteiger partial charge in [-0.3, -0.25) is 14.9 Å². The van der Waals surface area contributed by atoms with Crippen LogP contribution in [0.3, 0.4) is 0 Å². The maximum absolute atomic E-state index is 13.7. The number of carbonyl (C=O) groups excluding carboxylic acids is 1. The molecule has 0 aliphatic heterocycles. The maximum atomic E-state index is 13.7. The van der Waals surface area contributed by atoms with Gasteiger partial charge in [0.05, 0.1) is 34.1 Å². The fraction of sp³-hybridized carbons (Fsp3) is 0.115. The molecule has 10 heteroatoms. The number of hydrogen-bond donors (Lipinski definition) is 3. The first kappa shape index (κ1) is 22.1. The molecule has 0 fully saturated rings.